The quantitative estimate of drug-likeness (QED) is 0.464. The minimum absolute atomic E-state index is 0.0999. The molecule has 29 heavy (non-hydrogen) atoms. The number of aliphatic carboxylic acids is 1. The van der Waals surface area contributed by atoms with E-state index in [1.807, 2.05) is 71.9 Å². The monoisotopic (exact) mass is 408 g/mol. The van der Waals surface area contributed by atoms with Crippen LogP contribution in [-0.4, -0.2) is 29.8 Å². The number of carbonyl (C=O) groups is 2. The highest BCUT2D eigenvalue weighted by Crippen LogP contribution is 2.27. The van der Waals surface area contributed by atoms with Crippen LogP contribution in [0.15, 0.2) is 30.3 Å². The first-order valence-corrected chi connectivity index (χ1v) is 10.6. The van der Waals surface area contributed by atoms with E-state index < -0.39 is 11.4 Å². The van der Waals surface area contributed by atoms with E-state index in [1.54, 1.807) is 6.92 Å². The minimum atomic E-state index is -0.687. The highest BCUT2D eigenvalue weighted by molar-refractivity contribution is 5.76. The van der Waals surface area contributed by atoms with Crippen molar-refractivity contribution in [2.24, 2.45) is 10.8 Å². The van der Waals surface area contributed by atoms with Crippen molar-refractivity contribution in [2.75, 3.05) is 6.61 Å². The predicted octanol–water partition coefficient (Wildman–Crippen LogP) is 5.86. The van der Waals surface area contributed by atoms with E-state index in [-0.39, 0.29) is 17.5 Å². The molecular weight excluding hydrogens is 368 g/mol. The second kappa shape index (κ2) is 13.4. The van der Waals surface area contributed by atoms with Gasteiger partial charge in [-0.05, 0) is 52.0 Å². The van der Waals surface area contributed by atoms with E-state index in [2.05, 4.69) is 0 Å². The van der Waals surface area contributed by atoms with Gasteiger partial charge in [0.1, 0.15) is 6.61 Å². The van der Waals surface area contributed by atoms with Crippen LogP contribution in [-0.2, 0) is 25.7 Å². The van der Waals surface area contributed by atoms with Crippen molar-refractivity contribution in [3.8, 4) is 0 Å². The molecule has 1 aromatic rings. The summed E-state index contributed by atoms with van der Waals surface area (Å²) in [7, 11) is 0. The third kappa shape index (κ3) is 9.44. The third-order valence-electron chi connectivity index (χ3n) is 5.96. The van der Waals surface area contributed by atoms with E-state index in [0.717, 1.165) is 18.4 Å². The fraction of sp³-hybridized carbons (Fsp3) is 0.667. The molecule has 1 atom stereocenters. The topological polar surface area (TPSA) is 72.8 Å². The van der Waals surface area contributed by atoms with Crippen LogP contribution in [0, 0.1) is 10.8 Å². The Bertz CT molecular complexity index is 589. The van der Waals surface area contributed by atoms with Crippen LogP contribution in [0.25, 0.3) is 0 Å². The molecule has 0 aliphatic carbocycles. The van der Waals surface area contributed by atoms with Crippen LogP contribution in [0.4, 0.5) is 0 Å². The average molecular weight is 409 g/mol. The second-order valence-electron chi connectivity index (χ2n) is 8.05. The predicted molar refractivity (Wildman–Crippen MR) is 117 cm³/mol. The third-order valence-corrected chi connectivity index (χ3v) is 5.96. The van der Waals surface area contributed by atoms with Gasteiger partial charge in [0.25, 0.3) is 0 Å². The molecule has 0 saturated carbocycles. The highest BCUT2D eigenvalue weighted by Gasteiger charge is 2.31. The Balaban J connectivity index is 0.000000734. The number of hydrogen-bond donors (Lipinski definition) is 1. The Hall–Kier alpha value is -1.88. The maximum absolute atomic E-state index is 12.0. The van der Waals surface area contributed by atoms with Gasteiger partial charge in [-0.2, -0.15) is 0 Å². The average Bonchev–Trinajstić information content (AvgIpc) is 2.75. The van der Waals surface area contributed by atoms with Crippen molar-refractivity contribution in [1.82, 2.24) is 0 Å². The molecule has 0 aliphatic heterocycles. The molecule has 0 aromatic heterocycles. The van der Waals surface area contributed by atoms with Gasteiger partial charge in [0.2, 0.25) is 0 Å². The first-order chi connectivity index (χ1) is 13.6. The van der Waals surface area contributed by atoms with Gasteiger partial charge in [0.15, 0.2) is 0 Å². The maximum Gasteiger partial charge on any atom is 0.311 e. The Morgan fingerprint density at radius 1 is 0.931 bits per heavy atom. The van der Waals surface area contributed by atoms with Gasteiger partial charge in [-0.1, -0.05) is 58.0 Å². The van der Waals surface area contributed by atoms with Gasteiger partial charge >= 0.3 is 11.9 Å². The highest BCUT2D eigenvalue weighted by atomic mass is 16.6. The van der Waals surface area contributed by atoms with Gasteiger partial charge in [0.05, 0.1) is 23.5 Å². The number of carbonyl (C=O) groups excluding carboxylic acids is 1. The maximum atomic E-state index is 12.0. The summed E-state index contributed by atoms with van der Waals surface area (Å²) in [6.45, 7) is 14.3. The number of esters is 1. The largest absolute Gasteiger partial charge is 0.481 e. The lowest BCUT2D eigenvalue weighted by atomic mass is 9.85. The molecule has 5 nitrogen and oxygen atoms in total. The standard InChI is InChI=1S/C17H26O3.C7H14O2/c1-5-17(4,6-2)16(18)20-12-14(3)19-13-15-10-8-7-9-11-15;1-4-7(3,5-2)6(8)9/h7-11,14H,5-6,12-13H2,1-4H3;4-5H2,1-3H3,(H,8,9). The fourth-order valence-corrected chi connectivity index (χ4v) is 2.32. The number of hydrogen-bond acceptors (Lipinski definition) is 4. The Kier molecular flexibility index (Phi) is 12.5. The summed E-state index contributed by atoms with van der Waals surface area (Å²) in [4.78, 5) is 22.5. The number of ether oxygens (including phenoxy) is 2. The van der Waals surface area contributed by atoms with Crippen LogP contribution in [0.2, 0.25) is 0 Å². The van der Waals surface area contributed by atoms with Crippen molar-refractivity contribution in [1.29, 1.82) is 0 Å². The summed E-state index contributed by atoms with van der Waals surface area (Å²) >= 11 is 0. The Morgan fingerprint density at radius 2 is 1.41 bits per heavy atom. The van der Waals surface area contributed by atoms with E-state index in [9.17, 15) is 9.59 Å². The summed E-state index contributed by atoms with van der Waals surface area (Å²) in [5, 5.41) is 8.63. The molecule has 0 amide bonds. The number of rotatable bonds is 11. The van der Waals surface area contributed by atoms with Gasteiger partial charge < -0.3 is 14.6 Å². The van der Waals surface area contributed by atoms with Crippen LogP contribution < -0.4 is 0 Å². The lowest BCUT2D eigenvalue weighted by Gasteiger charge is -2.25. The first kappa shape index (κ1) is 27.1. The summed E-state index contributed by atoms with van der Waals surface area (Å²) < 4.78 is 11.1. The molecule has 0 aliphatic rings. The van der Waals surface area contributed by atoms with Gasteiger partial charge in [-0.25, -0.2) is 0 Å². The van der Waals surface area contributed by atoms with Crippen LogP contribution in [0.5, 0.6) is 0 Å². The van der Waals surface area contributed by atoms with Crippen molar-refractivity contribution >= 4 is 11.9 Å². The van der Waals surface area contributed by atoms with Crippen LogP contribution in [0.1, 0.15) is 79.7 Å². The second-order valence-corrected chi connectivity index (χ2v) is 8.05. The van der Waals surface area contributed by atoms with Crippen LogP contribution in [0.3, 0.4) is 0 Å². The van der Waals surface area contributed by atoms with Crippen LogP contribution >= 0.6 is 0 Å². The van der Waals surface area contributed by atoms with Crippen molar-refractivity contribution < 1.29 is 24.2 Å². The van der Waals surface area contributed by atoms with E-state index in [4.69, 9.17) is 14.6 Å². The molecule has 1 N–H and O–H groups in total. The molecule has 0 spiro atoms. The Morgan fingerprint density at radius 3 is 1.79 bits per heavy atom. The van der Waals surface area contributed by atoms with Gasteiger partial charge in [-0.15, -0.1) is 0 Å². The molecular formula is C24H40O5. The molecule has 0 radical (unpaired) electrons. The zero-order valence-corrected chi connectivity index (χ0v) is 19.3. The smallest absolute Gasteiger partial charge is 0.311 e. The molecule has 1 aromatic carbocycles. The van der Waals surface area contributed by atoms with E-state index >= 15 is 0 Å². The molecule has 166 valence electrons. The summed E-state index contributed by atoms with van der Waals surface area (Å²) in [6, 6.07) is 9.98. The SMILES string of the molecule is CCC(C)(CC)C(=O)O.CCC(C)(CC)C(=O)OCC(C)OCc1ccccc1. The number of carboxylic acids is 1. The van der Waals surface area contributed by atoms with Gasteiger partial charge in [-0.3, -0.25) is 9.59 Å². The van der Waals surface area contributed by atoms with Crippen molar-refractivity contribution in [3.05, 3.63) is 35.9 Å². The lowest BCUT2D eigenvalue weighted by molar-refractivity contribution is -0.159. The number of carboxylic acid groups (broad SMARTS) is 1. The molecule has 1 unspecified atom stereocenters. The molecule has 0 heterocycles. The molecule has 5 heteroatoms. The Labute approximate surface area is 176 Å². The molecule has 0 saturated heterocycles. The molecule has 1 rings (SSSR count). The zero-order chi connectivity index (χ0) is 22.5. The van der Waals surface area contributed by atoms with Crippen molar-refractivity contribution in [2.45, 2.75) is 86.9 Å². The lowest BCUT2D eigenvalue weighted by Crippen LogP contribution is -2.31. The van der Waals surface area contributed by atoms with E-state index in [1.165, 1.54) is 0 Å². The number of benzene rings is 1. The summed E-state index contributed by atoms with van der Waals surface area (Å²) in [5.74, 6) is -0.815. The molecule has 0 bridgehead atoms. The molecule has 0 fully saturated rings. The fourth-order valence-electron chi connectivity index (χ4n) is 2.32. The first-order valence-electron chi connectivity index (χ1n) is 10.6. The van der Waals surface area contributed by atoms with E-state index in [0.29, 0.717) is 26.1 Å². The minimum Gasteiger partial charge on any atom is -0.481 e. The van der Waals surface area contributed by atoms with Crippen molar-refractivity contribution in [3.63, 3.8) is 0 Å². The van der Waals surface area contributed by atoms with Gasteiger partial charge in [0, 0.05) is 0 Å². The summed E-state index contributed by atoms with van der Waals surface area (Å²) in [6.07, 6.45) is 2.90. The normalized spacial score (nSPS) is 12.5. The zero-order valence-electron chi connectivity index (χ0n) is 19.3. The summed E-state index contributed by atoms with van der Waals surface area (Å²) in [5.41, 5.74) is 0.247.